The number of aliphatic hydroxyl groups is 1. The Bertz CT molecular complexity index is 557. The van der Waals surface area contributed by atoms with Gasteiger partial charge in [0.05, 0.1) is 23.9 Å². The second-order valence-corrected chi connectivity index (χ2v) is 5.13. The van der Waals surface area contributed by atoms with E-state index in [0.29, 0.717) is 0 Å². The van der Waals surface area contributed by atoms with E-state index in [1.54, 1.807) is 18.1 Å². The van der Waals surface area contributed by atoms with Crippen LogP contribution in [0, 0.1) is 0 Å². The molecule has 6 heteroatoms. The summed E-state index contributed by atoms with van der Waals surface area (Å²) in [6.45, 7) is 0.0881. The van der Waals surface area contributed by atoms with Gasteiger partial charge in [-0.3, -0.25) is 0 Å². The SMILES string of the molecule is CSc1ncnn2c(C3CC[C@@H](CO)O3)ccc12. The molecule has 2 aromatic heterocycles. The Morgan fingerprint density at radius 3 is 3.11 bits per heavy atom. The lowest BCUT2D eigenvalue weighted by molar-refractivity contribution is 0.00854. The van der Waals surface area contributed by atoms with Crippen molar-refractivity contribution in [2.24, 2.45) is 0 Å². The highest BCUT2D eigenvalue weighted by atomic mass is 32.2. The van der Waals surface area contributed by atoms with Gasteiger partial charge in [-0.1, -0.05) is 0 Å². The predicted molar refractivity (Wildman–Crippen MR) is 68.7 cm³/mol. The Kier molecular flexibility index (Phi) is 3.23. The molecule has 1 saturated heterocycles. The van der Waals surface area contributed by atoms with Crippen molar-refractivity contribution in [2.45, 2.75) is 30.1 Å². The molecule has 1 N–H and O–H groups in total. The number of rotatable bonds is 3. The van der Waals surface area contributed by atoms with Crippen LogP contribution in [0.5, 0.6) is 0 Å². The van der Waals surface area contributed by atoms with E-state index in [0.717, 1.165) is 29.1 Å². The average molecular weight is 265 g/mol. The average Bonchev–Trinajstić information content (AvgIpc) is 3.03. The highest BCUT2D eigenvalue weighted by Crippen LogP contribution is 2.34. The molecule has 0 amide bonds. The van der Waals surface area contributed by atoms with Crippen LogP contribution < -0.4 is 0 Å². The van der Waals surface area contributed by atoms with E-state index in [-0.39, 0.29) is 18.8 Å². The Morgan fingerprint density at radius 1 is 1.50 bits per heavy atom. The molecule has 0 radical (unpaired) electrons. The molecule has 0 saturated carbocycles. The number of ether oxygens (including phenoxy) is 1. The smallest absolute Gasteiger partial charge is 0.137 e. The highest BCUT2D eigenvalue weighted by Gasteiger charge is 2.28. The maximum Gasteiger partial charge on any atom is 0.137 e. The standard InChI is InChI=1S/C12H15N3O2S/c1-18-12-10-4-3-9(15(10)14-7-13-12)11-5-2-8(6-16)17-11/h3-4,7-8,11,16H,2,5-6H2,1H3/t8-,11?/m0/s1. The molecular formula is C12H15N3O2S. The first-order valence-corrected chi connectivity index (χ1v) is 7.19. The minimum atomic E-state index is -0.0394. The summed E-state index contributed by atoms with van der Waals surface area (Å²) in [5, 5.41) is 14.4. The summed E-state index contributed by atoms with van der Waals surface area (Å²) in [6.07, 6.45) is 5.38. The summed E-state index contributed by atoms with van der Waals surface area (Å²) in [5.41, 5.74) is 2.05. The lowest BCUT2D eigenvalue weighted by atomic mass is 10.1. The van der Waals surface area contributed by atoms with Crippen LogP contribution >= 0.6 is 11.8 Å². The van der Waals surface area contributed by atoms with E-state index in [9.17, 15) is 0 Å². The summed E-state index contributed by atoms with van der Waals surface area (Å²) >= 11 is 1.61. The largest absolute Gasteiger partial charge is 0.394 e. The van der Waals surface area contributed by atoms with Crippen LogP contribution in [0.1, 0.15) is 24.6 Å². The number of hydrogen-bond acceptors (Lipinski definition) is 5. The second kappa shape index (κ2) is 4.87. The van der Waals surface area contributed by atoms with Crippen LogP contribution in [0.4, 0.5) is 0 Å². The van der Waals surface area contributed by atoms with Gasteiger partial charge in [0.1, 0.15) is 17.5 Å². The third-order valence-electron chi connectivity index (χ3n) is 3.28. The van der Waals surface area contributed by atoms with Crippen molar-refractivity contribution >= 4 is 17.3 Å². The van der Waals surface area contributed by atoms with Crippen LogP contribution in [0.25, 0.3) is 5.52 Å². The molecule has 3 rings (SSSR count). The fourth-order valence-electron chi connectivity index (χ4n) is 2.39. The second-order valence-electron chi connectivity index (χ2n) is 4.33. The van der Waals surface area contributed by atoms with Gasteiger partial charge in [-0.05, 0) is 31.2 Å². The summed E-state index contributed by atoms with van der Waals surface area (Å²) in [6, 6.07) is 4.06. The van der Waals surface area contributed by atoms with E-state index >= 15 is 0 Å². The molecule has 3 heterocycles. The molecule has 0 spiro atoms. The topological polar surface area (TPSA) is 59.7 Å². The molecule has 1 unspecified atom stereocenters. The summed E-state index contributed by atoms with van der Waals surface area (Å²) < 4.78 is 7.69. The van der Waals surface area contributed by atoms with Gasteiger partial charge >= 0.3 is 0 Å². The van der Waals surface area contributed by atoms with Gasteiger partial charge in [-0.2, -0.15) is 5.10 Å². The van der Waals surface area contributed by atoms with Gasteiger partial charge in [0, 0.05) is 0 Å². The molecule has 18 heavy (non-hydrogen) atoms. The van der Waals surface area contributed by atoms with Crippen molar-refractivity contribution in [3.63, 3.8) is 0 Å². The van der Waals surface area contributed by atoms with Crippen LogP contribution in [0.15, 0.2) is 23.5 Å². The molecule has 0 bridgehead atoms. The third kappa shape index (κ3) is 1.90. The molecule has 1 aliphatic heterocycles. The molecule has 0 aromatic carbocycles. The zero-order valence-corrected chi connectivity index (χ0v) is 10.9. The van der Waals surface area contributed by atoms with E-state index in [1.165, 1.54) is 0 Å². The molecule has 96 valence electrons. The van der Waals surface area contributed by atoms with Crippen LogP contribution in [-0.2, 0) is 4.74 Å². The van der Waals surface area contributed by atoms with E-state index in [2.05, 4.69) is 10.1 Å². The van der Waals surface area contributed by atoms with Crippen molar-refractivity contribution < 1.29 is 9.84 Å². The van der Waals surface area contributed by atoms with Gasteiger partial charge in [-0.15, -0.1) is 11.8 Å². The van der Waals surface area contributed by atoms with Gasteiger partial charge in [0.2, 0.25) is 0 Å². The zero-order chi connectivity index (χ0) is 12.5. The lowest BCUT2D eigenvalue weighted by Gasteiger charge is -2.12. The summed E-state index contributed by atoms with van der Waals surface area (Å²) in [4.78, 5) is 4.25. The van der Waals surface area contributed by atoms with Crippen LogP contribution in [0.3, 0.4) is 0 Å². The first-order valence-electron chi connectivity index (χ1n) is 5.96. The summed E-state index contributed by atoms with van der Waals surface area (Å²) in [7, 11) is 0. The molecular weight excluding hydrogens is 250 g/mol. The van der Waals surface area contributed by atoms with Gasteiger partial charge < -0.3 is 9.84 Å². The maximum absolute atomic E-state index is 9.12. The van der Waals surface area contributed by atoms with Crippen LogP contribution in [0.2, 0.25) is 0 Å². The minimum absolute atomic E-state index is 0.0225. The number of nitrogens with zero attached hydrogens (tertiary/aromatic N) is 3. The molecule has 1 fully saturated rings. The number of thioether (sulfide) groups is 1. The zero-order valence-electron chi connectivity index (χ0n) is 10.1. The summed E-state index contributed by atoms with van der Waals surface area (Å²) in [5.74, 6) is 0. The molecule has 2 atom stereocenters. The van der Waals surface area contributed by atoms with E-state index < -0.39 is 0 Å². The Labute approximate surface area is 109 Å². The fourth-order valence-corrected chi connectivity index (χ4v) is 2.91. The normalized spacial score (nSPS) is 23.9. The van der Waals surface area contributed by atoms with Gasteiger partial charge in [0.15, 0.2) is 0 Å². The monoisotopic (exact) mass is 265 g/mol. The lowest BCUT2D eigenvalue weighted by Crippen LogP contribution is -2.12. The Balaban J connectivity index is 1.98. The number of aromatic nitrogens is 3. The Hall–Kier alpha value is -1.11. The third-order valence-corrected chi connectivity index (χ3v) is 3.98. The molecule has 1 aliphatic rings. The van der Waals surface area contributed by atoms with Gasteiger partial charge in [0.25, 0.3) is 0 Å². The van der Waals surface area contributed by atoms with Crippen molar-refractivity contribution in [1.82, 2.24) is 14.6 Å². The Morgan fingerprint density at radius 2 is 2.39 bits per heavy atom. The fraction of sp³-hybridized carbons (Fsp3) is 0.500. The number of aliphatic hydroxyl groups excluding tert-OH is 1. The van der Waals surface area contributed by atoms with Crippen molar-refractivity contribution in [2.75, 3.05) is 12.9 Å². The molecule has 2 aromatic rings. The minimum Gasteiger partial charge on any atom is -0.394 e. The van der Waals surface area contributed by atoms with Crippen molar-refractivity contribution in [3.05, 3.63) is 24.2 Å². The molecule has 0 aliphatic carbocycles. The quantitative estimate of drug-likeness (QED) is 0.855. The number of fused-ring (bicyclic) bond motifs is 1. The highest BCUT2D eigenvalue weighted by molar-refractivity contribution is 7.98. The van der Waals surface area contributed by atoms with Crippen molar-refractivity contribution in [3.8, 4) is 0 Å². The maximum atomic E-state index is 9.12. The van der Waals surface area contributed by atoms with E-state index in [4.69, 9.17) is 9.84 Å². The van der Waals surface area contributed by atoms with Crippen molar-refractivity contribution in [1.29, 1.82) is 0 Å². The van der Waals surface area contributed by atoms with E-state index in [1.807, 2.05) is 22.9 Å². The first kappa shape index (κ1) is 12.0. The number of hydrogen-bond donors (Lipinski definition) is 1. The van der Waals surface area contributed by atoms with Crippen LogP contribution in [-0.4, -0.2) is 38.7 Å². The molecule has 5 nitrogen and oxygen atoms in total. The first-order chi connectivity index (χ1) is 8.83. The van der Waals surface area contributed by atoms with Gasteiger partial charge in [-0.25, -0.2) is 9.50 Å². The predicted octanol–water partition coefficient (Wildman–Crippen LogP) is 1.66.